The molecule has 0 saturated heterocycles. The molecular formula is C24H18Cl2O3. The summed E-state index contributed by atoms with van der Waals surface area (Å²) in [4.78, 5) is 12.7. The van der Waals surface area contributed by atoms with Gasteiger partial charge in [-0.3, -0.25) is 4.79 Å². The van der Waals surface area contributed by atoms with E-state index in [2.05, 4.69) is 0 Å². The molecule has 1 heterocycles. The molecule has 0 radical (unpaired) electrons. The topological polar surface area (TPSA) is 39.4 Å². The van der Waals surface area contributed by atoms with Crippen LogP contribution in [-0.2, 0) is 13.0 Å². The molecule has 0 bridgehead atoms. The number of rotatable bonds is 6. The van der Waals surface area contributed by atoms with Crippen molar-refractivity contribution in [1.29, 1.82) is 0 Å². The Morgan fingerprint density at radius 1 is 0.966 bits per heavy atom. The van der Waals surface area contributed by atoms with Crippen molar-refractivity contribution in [2.75, 3.05) is 0 Å². The number of benzene rings is 3. The van der Waals surface area contributed by atoms with E-state index in [0.717, 1.165) is 22.1 Å². The van der Waals surface area contributed by atoms with E-state index in [9.17, 15) is 4.79 Å². The molecule has 0 amide bonds. The molecule has 0 aliphatic rings. The summed E-state index contributed by atoms with van der Waals surface area (Å²) in [5.41, 5.74) is 3.13. The van der Waals surface area contributed by atoms with Gasteiger partial charge in [0.2, 0.25) is 5.78 Å². The highest BCUT2D eigenvalue weighted by Crippen LogP contribution is 2.31. The average Bonchev–Trinajstić information content (AvgIpc) is 3.04. The Morgan fingerprint density at radius 2 is 1.69 bits per heavy atom. The van der Waals surface area contributed by atoms with Crippen LogP contribution in [0.4, 0.5) is 0 Å². The summed E-state index contributed by atoms with van der Waals surface area (Å²) in [5.74, 6) is 0.953. The van der Waals surface area contributed by atoms with E-state index in [4.69, 9.17) is 32.4 Å². The van der Waals surface area contributed by atoms with E-state index in [0.29, 0.717) is 33.6 Å². The van der Waals surface area contributed by atoms with Gasteiger partial charge in [0.05, 0.1) is 0 Å². The van der Waals surface area contributed by atoms with Crippen molar-refractivity contribution in [1.82, 2.24) is 0 Å². The molecule has 0 unspecified atom stereocenters. The van der Waals surface area contributed by atoms with Crippen molar-refractivity contribution < 1.29 is 13.9 Å². The van der Waals surface area contributed by atoms with Gasteiger partial charge in [-0.25, -0.2) is 0 Å². The van der Waals surface area contributed by atoms with Crippen LogP contribution >= 0.6 is 23.2 Å². The largest absolute Gasteiger partial charge is 0.489 e. The highest BCUT2D eigenvalue weighted by atomic mass is 35.5. The van der Waals surface area contributed by atoms with Crippen molar-refractivity contribution in [3.05, 3.63) is 99.2 Å². The van der Waals surface area contributed by atoms with Crippen molar-refractivity contribution in [3.8, 4) is 5.75 Å². The second-order valence-corrected chi connectivity index (χ2v) is 7.60. The van der Waals surface area contributed by atoms with Crippen molar-refractivity contribution >= 4 is 40.0 Å². The lowest BCUT2D eigenvalue weighted by Crippen LogP contribution is -2.03. The Morgan fingerprint density at radius 3 is 2.41 bits per heavy atom. The van der Waals surface area contributed by atoms with Gasteiger partial charge in [0, 0.05) is 39.0 Å². The first-order chi connectivity index (χ1) is 14.0. The summed E-state index contributed by atoms with van der Waals surface area (Å²) < 4.78 is 11.7. The predicted molar refractivity (Wildman–Crippen MR) is 116 cm³/mol. The summed E-state index contributed by atoms with van der Waals surface area (Å²) in [6, 6.07) is 20.5. The maximum Gasteiger partial charge on any atom is 0.202 e. The first kappa shape index (κ1) is 19.6. The fourth-order valence-electron chi connectivity index (χ4n) is 3.25. The Balaban J connectivity index is 1.56. The summed E-state index contributed by atoms with van der Waals surface area (Å²) in [6.07, 6.45) is 0.301. The number of ketones is 1. The molecule has 0 spiro atoms. The first-order valence-electron chi connectivity index (χ1n) is 9.19. The number of hydrogen-bond donors (Lipinski definition) is 0. The molecule has 0 N–H and O–H groups in total. The van der Waals surface area contributed by atoms with Gasteiger partial charge >= 0.3 is 0 Å². The van der Waals surface area contributed by atoms with Gasteiger partial charge in [-0.05, 0) is 36.8 Å². The molecule has 5 heteroatoms. The van der Waals surface area contributed by atoms with Gasteiger partial charge in [-0.15, -0.1) is 0 Å². The van der Waals surface area contributed by atoms with Crippen LogP contribution in [0.1, 0.15) is 27.2 Å². The number of aryl methyl sites for hydroxylation is 1. The van der Waals surface area contributed by atoms with Gasteiger partial charge < -0.3 is 9.15 Å². The zero-order valence-electron chi connectivity index (χ0n) is 15.7. The minimum atomic E-state index is -0.0461. The summed E-state index contributed by atoms with van der Waals surface area (Å²) in [5, 5.41) is 2.01. The maximum atomic E-state index is 12.7. The Labute approximate surface area is 178 Å². The van der Waals surface area contributed by atoms with E-state index in [1.165, 1.54) is 0 Å². The zero-order valence-corrected chi connectivity index (χ0v) is 17.3. The van der Waals surface area contributed by atoms with Crippen LogP contribution in [-0.4, -0.2) is 5.78 Å². The maximum absolute atomic E-state index is 12.7. The van der Waals surface area contributed by atoms with Crippen LogP contribution in [0.25, 0.3) is 11.0 Å². The summed E-state index contributed by atoms with van der Waals surface area (Å²) in [6.45, 7) is 2.14. The average molecular weight is 425 g/mol. The van der Waals surface area contributed by atoms with Crippen LogP contribution in [0, 0.1) is 6.92 Å². The highest BCUT2D eigenvalue weighted by Gasteiger charge is 2.18. The molecule has 0 atom stereocenters. The molecule has 0 fully saturated rings. The Bertz CT molecular complexity index is 1160. The second kappa shape index (κ2) is 8.32. The molecule has 3 nitrogen and oxygen atoms in total. The number of fused-ring (bicyclic) bond motifs is 1. The lowest BCUT2D eigenvalue weighted by molar-refractivity contribution is 0.0967. The second-order valence-electron chi connectivity index (χ2n) is 6.79. The molecular weight excluding hydrogens is 407 g/mol. The van der Waals surface area contributed by atoms with E-state index in [-0.39, 0.29) is 12.4 Å². The number of Topliss-reactive ketones (excluding diaryl/α,β-unsaturated/α-hetero) is 1. The number of halogens is 2. The Hall–Kier alpha value is -2.75. The third-order valence-corrected chi connectivity index (χ3v) is 5.52. The molecule has 29 heavy (non-hydrogen) atoms. The normalized spacial score (nSPS) is 11.0. The molecule has 3 aromatic carbocycles. The van der Waals surface area contributed by atoms with Gasteiger partial charge in [-0.2, -0.15) is 0 Å². The third-order valence-electron chi connectivity index (χ3n) is 4.82. The minimum Gasteiger partial charge on any atom is -0.489 e. The molecule has 0 aliphatic heterocycles. The van der Waals surface area contributed by atoms with Gasteiger partial charge in [0.15, 0.2) is 5.76 Å². The highest BCUT2D eigenvalue weighted by molar-refractivity contribution is 6.35. The predicted octanol–water partition coefficient (Wildman–Crippen LogP) is 7.05. The van der Waals surface area contributed by atoms with Gasteiger partial charge in [0.25, 0.3) is 0 Å². The molecule has 0 saturated carbocycles. The zero-order chi connectivity index (χ0) is 20.4. The van der Waals surface area contributed by atoms with Crippen LogP contribution in [0.2, 0.25) is 10.0 Å². The van der Waals surface area contributed by atoms with Gasteiger partial charge in [-0.1, -0.05) is 59.6 Å². The number of furan rings is 1. The third kappa shape index (κ3) is 4.16. The molecule has 4 rings (SSSR count). The fraction of sp³-hybridized carbons (Fsp3) is 0.125. The van der Waals surface area contributed by atoms with Crippen molar-refractivity contribution in [3.63, 3.8) is 0 Å². The fourth-order valence-corrected chi connectivity index (χ4v) is 3.76. The first-order valence-corrected chi connectivity index (χ1v) is 9.94. The monoisotopic (exact) mass is 424 g/mol. The number of ether oxygens (including phenoxy) is 1. The number of carbonyl (C=O) groups excluding carboxylic acids is 1. The van der Waals surface area contributed by atoms with Crippen LogP contribution < -0.4 is 4.74 Å². The van der Waals surface area contributed by atoms with E-state index in [1.54, 1.807) is 24.3 Å². The standard InChI is InChI=1S/C24H18Cl2O3/c1-15-18-11-10-17(28-14-19-20(25)8-5-9-21(19)26)13-23(18)29-24(15)22(27)12-16-6-3-2-4-7-16/h2-11,13H,12,14H2,1H3. The number of carbonyl (C=O) groups is 1. The van der Waals surface area contributed by atoms with Crippen LogP contribution in [0.3, 0.4) is 0 Å². The number of hydrogen-bond acceptors (Lipinski definition) is 3. The van der Waals surface area contributed by atoms with Crippen LogP contribution in [0.15, 0.2) is 71.1 Å². The SMILES string of the molecule is Cc1c(C(=O)Cc2ccccc2)oc2cc(OCc3c(Cl)cccc3Cl)ccc12. The Kier molecular flexibility index (Phi) is 5.61. The molecule has 146 valence electrons. The molecule has 1 aromatic heterocycles. The molecule has 0 aliphatic carbocycles. The lowest BCUT2D eigenvalue weighted by atomic mass is 10.0. The van der Waals surface area contributed by atoms with Crippen molar-refractivity contribution in [2.45, 2.75) is 20.0 Å². The quantitative estimate of drug-likeness (QED) is 0.311. The molecule has 4 aromatic rings. The van der Waals surface area contributed by atoms with E-state index >= 15 is 0 Å². The van der Waals surface area contributed by atoms with Gasteiger partial charge in [0.1, 0.15) is 17.9 Å². The minimum absolute atomic E-state index is 0.0461. The smallest absolute Gasteiger partial charge is 0.202 e. The summed E-state index contributed by atoms with van der Waals surface area (Å²) >= 11 is 12.4. The van der Waals surface area contributed by atoms with Crippen molar-refractivity contribution in [2.24, 2.45) is 0 Å². The van der Waals surface area contributed by atoms with E-state index in [1.807, 2.05) is 49.4 Å². The van der Waals surface area contributed by atoms with E-state index < -0.39 is 0 Å². The lowest BCUT2D eigenvalue weighted by Gasteiger charge is -2.09. The van der Waals surface area contributed by atoms with Crippen LogP contribution in [0.5, 0.6) is 5.75 Å². The summed E-state index contributed by atoms with van der Waals surface area (Å²) in [7, 11) is 0.